The summed E-state index contributed by atoms with van der Waals surface area (Å²) in [5.74, 6) is -1.01. The van der Waals surface area contributed by atoms with Gasteiger partial charge in [0.2, 0.25) is 17.7 Å². The number of hydrazine groups is 1. The number of nitrogens with zero attached hydrogens (tertiary/aromatic N) is 1. The van der Waals surface area contributed by atoms with E-state index in [1.54, 1.807) is 24.3 Å². The van der Waals surface area contributed by atoms with Gasteiger partial charge in [0.1, 0.15) is 0 Å². The van der Waals surface area contributed by atoms with Crippen LogP contribution in [0, 0.1) is 11.8 Å². The molecule has 0 spiro atoms. The maximum Gasteiger partial charge on any atom is 0.240 e. The van der Waals surface area contributed by atoms with Crippen LogP contribution in [0.1, 0.15) is 32.1 Å². The van der Waals surface area contributed by atoms with Gasteiger partial charge in [-0.25, -0.2) is 0 Å². The smallest absolute Gasteiger partial charge is 0.240 e. The molecule has 1 aromatic carbocycles. The van der Waals surface area contributed by atoms with Gasteiger partial charge < -0.3 is 5.32 Å². The van der Waals surface area contributed by atoms with E-state index in [2.05, 4.69) is 16.2 Å². The number of nitrogens with one attached hydrogen (secondary N) is 3. The van der Waals surface area contributed by atoms with Crippen LogP contribution in [0.2, 0.25) is 5.02 Å². The van der Waals surface area contributed by atoms with E-state index in [9.17, 15) is 14.4 Å². The highest BCUT2D eigenvalue weighted by molar-refractivity contribution is 7.80. The minimum atomic E-state index is -0.356. The molecule has 0 bridgehead atoms. The van der Waals surface area contributed by atoms with Crippen LogP contribution in [0.4, 0.5) is 5.69 Å². The van der Waals surface area contributed by atoms with Crippen molar-refractivity contribution in [2.75, 3.05) is 11.9 Å². The van der Waals surface area contributed by atoms with E-state index in [-0.39, 0.29) is 47.6 Å². The summed E-state index contributed by atoms with van der Waals surface area (Å²) in [5, 5.41) is 3.72. The lowest BCUT2D eigenvalue weighted by atomic mass is 9.81. The SMILES string of the molecule is O=C(CCN1C(=O)[C@H]2CCCC[C@H]2C1=O)NNC(=S)Nc1ccc(Cl)cc1. The number of anilines is 1. The van der Waals surface area contributed by atoms with Crippen molar-refractivity contribution < 1.29 is 14.4 Å². The number of likely N-dealkylation sites (tertiary alicyclic amines) is 1. The third kappa shape index (κ3) is 4.75. The fourth-order valence-electron chi connectivity index (χ4n) is 3.55. The molecule has 0 radical (unpaired) electrons. The molecule has 1 aliphatic carbocycles. The molecule has 0 unspecified atom stereocenters. The molecule has 1 aromatic rings. The zero-order valence-corrected chi connectivity index (χ0v) is 16.2. The lowest BCUT2D eigenvalue weighted by molar-refractivity contribution is -0.140. The lowest BCUT2D eigenvalue weighted by Gasteiger charge is -2.19. The van der Waals surface area contributed by atoms with Crippen LogP contribution in [0.3, 0.4) is 0 Å². The maximum absolute atomic E-state index is 12.4. The number of fused-ring (bicyclic) bond motifs is 1. The van der Waals surface area contributed by atoms with E-state index in [4.69, 9.17) is 23.8 Å². The molecule has 2 fully saturated rings. The van der Waals surface area contributed by atoms with Crippen molar-refractivity contribution in [1.29, 1.82) is 0 Å². The van der Waals surface area contributed by atoms with Crippen molar-refractivity contribution >= 4 is 52.3 Å². The van der Waals surface area contributed by atoms with Crippen molar-refractivity contribution in [2.45, 2.75) is 32.1 Å². The summed E-state index contributed by atoms with van der Waals surface area (Å²) in [7, 11) is 0. The third-order valence-electron chi connectivity index (χ3n) is 4.91. The highest BCUT2D eigenvalue weighted by Crippen LogP contribution is 2.37. The first-order valence-electron chi connectivity index (χ1n) is 8.92. The molecule has 2 atom stereocenters. The average Bonchev–Trinajstić information content (AvgIpc) is 2.91. The van der Waals surface area contributed by atoms with Gasteiger partial charge in [0.05, 0.1) is 11.8 Å². The maximum atomic E-state index is 12.4. The first kappa shape index (κ1) is 19.6. The topological polar surface area (TPSA) is 90.5 Å². The van der Waals surface area contributed by atoms with Crippen LogP contribution in [-0.4, -0.2) is 34.3 Å². The van der Waals surface area contributed by atoms with Gasteiger partial charge in [-0.1, -0.05) is 24.4 Å². The molecular formula is C18H21ClN4O3S. The van der Waals surface area contributed by atoms with Crippen LogP contribution < -0.4 is 16.2 Å². The van der Waals surface area contributed by atoms with E-state index < -0.39 is 0 Å². The highest BCUT2D eigenvalue weighted by Gasteiger charge is 2.47. The Kier molecular flexibility index (Phi) is 6.28. The molecule has 1 saturated carbocycles. The summed E-state index contributed by atoms with van der Waals surface area (Å²) in [6.45, 7) is 0.0928. The molecule has 1 heterocycles. The number of rotatable bonds is 4. The van der Waals surface area contributed by atoms with Gasteiger partial charge >= 0.3 is 0 Å². The fourth-order valence-corrected chi connectivity index (χ4v) is 3.84. The standard InChI is InChI=1S/C18H21ClN4O3S/c19-11-5-7-12(8-6-11)20-18(27)22-21-15(24)9-10-23-16(25)13-3-1-2-4-14(13)17(23)26/h5-8,13-14H,1-4,9-10H2,(H,21,24)(H2,20,22,27)/t13-,14+. The number of benzene rings is 1. The third-order valence-corrected chi connectivity index (χ3v) is 5.37. The zero-order chi connectivity index (χ0) is 19.4. The number of amides is 3. The van der Waals surface area contributed by atoms with Gasteiger partial charge in [-0.3, -0.25) is 30.1 Å². The van der Waals surface area contributed by atoms with Crippen LogP contribution in [-0.2, 0) is 14.4 Å². The second-order valence-corrected chi connectivity index (χ2v) is 7.55. The Bertz CT molecular complexity index is 731. The largest absolute Gasteiger partial charge is 0.331 e. The summed E-state index contributed by atoms with van der Waals surface area (Å²) in [5.41, 5.74) is 5.78. The van der Waals surface area contributed by atoms with E-state index in [0.29, 0.717) is 5.02 Å². The second-order valence-electron chi connectivity index (χ2n) is 6.71. The Morgan fingerprint density at radius 3 is 2.26 bits per heavy atom. The van der Waals surface area contributed by atoms with Crippen molar-refractivity contribution in [3.63, 3.8) is 0 Å². The van der Waals surface area contributed by atoms with Gasteiger partial charge in [0, 0.05) is 23.7 Å². The van der Waals surface area contributed by atoms with Crippen LogP contribution in [0.25, 0.3) is 0 Å². The molecule has 9 heteroatoms. The highest BCUT2D eigenvalue weighted by atomic mass is 35.5. The average molecular weight is 409 g/mol. The van der Waals surface area contributed by atoms with Crippen molar-refractivity contribution in [2.24, 2.45) is 11.8 Å². The molecule has 3 amide bonds. The van der Waals surface area contributed by atoms with Crippen molar-refractivity contribution in [1.82, 2.24) is 15.8 Å². The van der Waals surface area contributed by atoms with Crippen LogP contribution >= 0.6 is 23.8 Å². The van der Waals surface area contributed by atoms with Gasteiger partial charge in [-0.15, -0.1) is 0 Å². The second kappa shape index (κ2) is 8.67. The summed E-state index contributed by atoms with van der Waals surface area (Å²) in [6, 6.07) is 6.93. The van der Waals surface area contributed by atoms with Crippen molar-refractivity contribution in [3.8, 4) is 0 Å². The summed E-state index contributed by atoms with van der Waals surface area (Å²) in [6.07, 6.45) is 3.52. The van der Waals surface area contributed by atoms with Crippen LogP contribution in [0.5, 0.6) is 0 Å². The summed E-state index contributed by atoms with van der Waals surface area (Å²) in [4.78, 5) is 38.0. The molecule has 1 aliphatic heterocycles. The van der Waals surface area contributed by atoms with E-state index >= 15 is 0 Å². The quantitative estimate of drug-likeness (QED) is 0.402. The summed E-state index contributed by atoms with van der Waals surface area (Å²) >= 11 is 10.9. The fraction of sp³-hybridized carbons (Fsp3) is 0.444. The monoisotopic (exact) mass is 408 g/mol. The normalized spacial score (nSPS) is 21.6. The van der Waals surface area contributed by atoms with E-state index in [1.165, 1.54) is 4.90 Å². The molecule has 3 N–H and O–H groups in total. The van der Waals surface area contributed by atoms with Gasteiger partial charge in [-0.05, 0) is 49.3 Å². The molecule has 1 saturated heterocycles. The predicted octanol–water partition coefficient (Wildman–Crippen LogP) is 2.22. The Balaban J connectivity index is 1.42. The number of thiocarbonyl (C=S) groups is 1. The van der Waals surface area contributed by atoms with E-state index in [1.807, 2.05) is 0 Å². The molecular weight excluding hydrogens is 388 g/mol. The Labute approximate surface area is 167 Å². The Morgan fingerprint density at radius 2 is 1.67 bits per heavy atom. The van der Waals surface area contributed by atoms with E-state index in [0.717, 1.165) is 31.4 Å². The van der Waals surface area contributed by atoms with Gasteiger partial charge in [0.15, 0.2) is 5.11 Å². The number of hydrogen-bond donors (Lipinski definition) is 3. The first-order valence-corrected chi connectivity index (χ1v) is 9.71. The summed E-state index contributed by atoms with van der Waals surface area (Å²) < 4.78 is 0. The minimum absolute atomic E-state index is 0.0213. The predicted molar refractivity (Wildman–Crippen MR) is 106 cm³/mol. The van der Waals surface area contributed by atoms with Crippen LogP contribution in [0.15, 0.2) is 24.3 Å². The number of carbonyl (C=O) groups excluding carboxylic acids is 3. The number of imide groups is 1. The zero-order valence-electron chi connectivity index (χ0n) is 14.7. The number of carbonyl (C=O) groups is 3. The number of hydrogen-bond acceptors (Lipinski definition) is 4. The molecule has 7 nitrogen and oxygen atoms in total. The van der Waals surface area contributed by atoms with Crippen molar-refractivity contribution in [3.05, 3.63) is 29.3 Å². The van der Waals surface area contributed by atoms with Gasteiger partial charge in [0.25, 0.3) is 0 Å². The molecule has 27 heavy (non-hydrogen) atoms. The molecule has 2 aliphatic rings. The minimum Gasteiger partial charge on any atom is -0.331 e. The molecule has 0 aromatic heterocycles. The Morgan fingerprint density at radius 1 is 1.07 bits per heavy atom. The van der Waals surface area contributed by atoms with Gasteiger partial charge in [-0.2, -0.15) is 0 Å². The first-order chi connectivity index (χ1) is 13.0. The lowest BCUT2D eigenvalue weighted by Crippen LogP contribution is -2.45. The molecule has 144 valence electrons. The Hall–Kier alpha value is -2.19. The molecule has 3 rings (SSSR count). The number of halogens is 1.